The largest absolute Gasteiger partial charge is 0.397 e. The van der Waals surface area contributed by atoms with Crippen molar-refractivity contribution in [1.82, 2.24) is 0 Å². The number of methoxy groups -OCH3 is 1. The summed E-state index contributed by atoms with van der Waals surface area (Å²) in [5.41, 5.74) is -1.82. The zero-order valence-corrected chi connectivity index (χ0v) is 35.3. The maximum atomic E-state index is 12.8. The van der Waals surface area contributed by atoms with Crippen LogP contribution in [0, 0.1) is 46.3 Å². The van der Waals surface area contributed by atoms with Crippen molar-refractivity contribution >= 4 is 10.4 Å². The Morgan fingerprint density at radius 2 is 1.47 bits per heavy atom. The maximum Gasteiger partial charge on any atom is 0.397 e. The first kappa shape index (κ1) is 46.6. The van der Waals surface area contributed by atoms with Gasteiger partial charge in [-0.15, -0.1) is 0 Å². The number of allylic oxidation sites excluding steroid dienone is 1. The first-order valence-corrected chi connectivity index (χ1v) is 22.3. The second-order valence-corrected chi connectivity index (χ2v) is 20.0. The third-order valence-corrected chi connectivity index (χ3v) is 15.9. The number of rotatable bonds is 13. The molecule has 336 valence electrons. The Kier molecular flexibility index (Phi) is 14.2. The molecule has 0 amide bonds. The van der Waals surface area contributed by atoms with Crippen molar-refractivity contribution in [2.45, 2.75) is 165 Å². The molecule has 4 saturated carbocycles. The predicted octanol–water partition coefficient (Wildman–Crippen LogP) is 0.432. The van der Waals surface area contributed by atoms with Gasteiger partial charge in [-0.25, -0.2) is 4.18 Å². The van der Waals surface area contributed by atoms with E-state index < -0.39 is 118 Å². The molecule has 6 aliphatic rings. The van der Waals surface area contributed by atoms with E-state index in [0.717, 1.165) is 12.0 Å². The first-order chi connectivity index (χ1) is 27.1. The van der Waals surface area contributed by atoms with Crippen LogP contribution in [0.3, 0.4) is 0 Å². The minimum Gasteiger partial charge on any atom is -0.393 e. The van der Waals surface area contributed by atoms with Gasteiger partial charge in [0.1, 0.15) is 36.6 Å². The van der Waals surface area contributed by atoms with E-state index in [1.807, 2.05) is 13.0 Å². The van der Waals surface area contributed by atoms with Crippen molar-refractivity contribution in [3.05, 3.63) is 11.6 Å². The van der Waals surface area contributed by atoms with Crippen LogP contribution < -0.4 is 0 Å². The van der Waals surface area contributed by atoms with Crippen molar-refractivity contribution in [2.75, 3.05) is 26.9 Å². The molecule has 0 spiro atoms. The monoisotopic (exact) mass is 852 g/mol. The van der Waals surface area contributed by atoms with E-state index in [9.17, 15) is 53.8 Å². The van der Waals surface area contributed by atoms with Crippen LogP contribution in [0.25, 0.3) is 0 Å². The number of fused-ring (bicyclic) bond motifs is 5. The molecule has 0 aromatic rings. The van der Waals surface area contributed by atoms with Crippen LogP contribution >= 0.6 is 0 Å². The molecule has 0 unspecified atom stereocenters. The van der Waals surface area contributed by atoms with Gasteiger partial charge in [-0.05, 0) is 79.4 Å². The Morgan fingerprint density at radius 1 is 0.845 bits per heavy atom. The van der Waals surface area contributed by atoms with Gasteiger partial charge in [-0.2, -0.15) is 8.42 Å². The van der Waals surface area contributed by atoms with Gasteiger partial charge in [0.05, 0.1) is 49.8 Å². The first-order valence-electron chi connectivity index (χ1n) is 20.9. The van der Waals surface area contributed by atoms with Gasteiger partial charge in [0.2, 0.25) is 0 Å². The molecular weight excluding hydrogens is 784 g/mol. The topological polar surface area (TPSA) is 272 Å². The molecule has 6 fully saturated rings. The summed E-state index contributed by atoms with van der Waals surface area (Å²) < 4.78 is 67.7. The van der Waals surface area contributed by atoms with E-state index in [4.69, 9.17) is 27.9 Å². The summed E-state index contributed by atoms with van der Waals surface area (Å²) >= 11 is 0. The summed E-state index contributed by atoms with van der Waals surface area (Å²) in [7, 11) is -3.65. The summed E-state index contributed by atoms with van der Waals surface area (Å²) in [6, 6.07) is 0. The molecule has 6 rings (SSSR count). The van der Waals surface area contributed by atoms with Crippen molar-refractivity contribution in [2.24, 2.45) is 46.3 Å². The Morgan fingerprint density at radius 3 is 2.09 bits per heavy atom. The summed E-state index contributed by atoms with van der Waals surface area (Å²) in [5.74, 6) is -1.65. The average Bonchev–Trinajstić information content (AvgIpc) is 3.42. The standard InChI is InChI=1S/C40H68O17S/c1-19(2)21(11-14-53-36-34(32(47)26(44)17-54-36)56-37-33(52-6)31(46)25(43)18-55-37)8-7-20(3)22-15-24(42)35-38(22,4)13-10-28-39(5)12-9-23(41)30(45)29(39)27(16-40(28,35)48)57-58(49,50)51/h11,19-20,22-37,41-48H,7-10,12-18H2,1-6H3,(H,49,50,51)/b21-11-/t20-,22-,23+,24-,25-,26-,27+,28-,29+,30+,31+,32+,33-,34-,35-,36-,37+,38-,39-,40+/m1/s1. The van der Waals surface area contributed by atoms with Gasteiger partial charge in [-0.1, -0.05) is 46.3 Å². The highest BCUT2D eigenvalue weighted by molar-refractivity contribution is 7.80. The van der Waals surface area contributed by atoms with Gasteiger partial charge in [0.25, 0.3) is 0 Å². The fourth-order valence-electron chi connectivity index (χ4n) is 12.5. The molecule has 4 aliphatic carbocycles. The summed E-state index contributed by atoms with van der Waals surface area (Å²) in [6.07, 6.45) is -8.79. The molecule has 18 heteroatoms. The summed E-state index contributed by atoms with van der Waals surface area (Å²) in [4.78, 5) is 0. The lowest BCUT2D eigenvalue weighted by atomic mass is 9.41. The lowest BCUT2D eigenvalue weighted by Crippen LogP contribution is -2.71. The number of hydrogen-bond donors (Lipinski definition) is 9. The smallest absolute Gasteiger partial charge is 0.393 e. The van der Waals surface area contributed by atoms with Crippen LogP contribution in [-0.4, -0.2) is 160 Å². The molecule has 0 radical (unpaired) electrons. The highest BCUT2D eigenvalue weighted by atomic mass is 32.3. The number of aliphatic hydroxyl groups excluding tert-OH is 7. The molecule has 2 heterocycles. The molecule has 0 aromatic heterocycles. The molecule has 0 aromatic carbocycles. The normalized spacial score (nSPS) is 49.3. The molecule has 20 atom stereocenters. The molecule has 0 bridgehead atoms. The second kappa shape index (κ2) is 17.7. The van der Waals surface area contributed by atoms with E-state index in [1.54, 1.807) is 0 Å². The quantitative estimate of drug-likeness (QED) is 0.0898. The van der Waals surface area contributed by atoms with Crippen molar-refractivity contribution in [1.29, 1.82) is 0 Å². The summed E-state index contributed by atoms with van der Waals surface area (Å²) in [6.45, 7) is 9.95. The van der Waals surface area contributed by atoms with Gasteiger partial charge >= 0.3 is 10.4 Å². The van der Waals surface area contributed by atoms with Crippen LogP contribution in [0.2, 0.25) is 0 Å². The SMILES string of the molecule is CO[C@H]1[C@H](O[C@H]2[C@H](OC/C=C(/CC[C@@H](C)[C@H]3C[C@@H](O)[C@@H]4[C@]3(C)CC[C@@H]3[C@@]5(C)CC[C@H](O)[C@H](O)[C@@H]5[C@@H](OS(=O)(=O)O)C[C@]34O)C(C)C)OC[C@@H](O)[C@@H]2O)OC[C@@H](O)[C@@H]1O. The van der Waals surface area contributed by atoms with Crippen molar-refractivity contribution < 1.29 is 81.7 Å². The molecule has 58 heavy (non-hydrogen) atoms. The van der Waals surface area contributed by atoms with Gasteiger partial charge in [-0.3, -0.25) is 4.55 Å². The fraction of sp³-hybridized carbons (Fsp3) is 0.950. The van der Waals surface area contributed by atoms with Crippen LogP contribution in [0.1, 0.15) is 86.0 Å². The van der Waals surface area contributed by atoms with E-state index in [0.29, 0.717) is 32.1 Å². The number of hydrogen-bond acceptors (Lipinski definition) is 16. The van der Waals surface area contributed by atoms with Gasteiger partial charge < -0.3 is 64.5 Å². The lowest BCUT2D eigenvalue weighted by molar-refractivity contribution is -0.344. The molecule has 17 nitrogen and oxygen atoms in total. The average molecular weight is 853 g/mol. The third-order valence-electron chi connectivity index (χ3n) is 15.4. The van der Waals surface area contributed by atoms with Crippen LogP contribution in [0.4, 0.5) is 0 Å². The van der Waals surface area contributed by atoms with Crippen molar-refractivity contribution in [3.8, 4) is 0 Å². The highest BCUT2D eigenvalue weighted by Crippen LogP contribution is 2.70. The fourth-order valence-corrected chi connectivity index (χ4v) is 13.0. The Bertz CT molecular complexity index is 1550. The Balaban J connectivity index is 1.13. The van der Waals surface area contributed by atoms with E-state index in [1.165, 1.54) is 7.11 Å². The van der Waals surface area contributed by atoms with E-state index >= 15 is 0 Å². The van der Waals surface area contributed by atoms with Gasteiger partial charge in [0, 0.05) is 25.4 Å². The lowest BCUT2D eigenvalue weighted by Gasteiger charge is -2.66. The Labute approximate surface area is 341 Å². The van der Waals surface area contributed by atoms with Gasteiger partial charge in [0.15, 0.2) is 12.6 Å². The predicted molar refractivity (Wildman–Crippen MR) is 204 cm³/mol. The molecular formula is C40H68O17S. The molecule has 9 N–H and O–H groups in total. The van der Waals surface area contributed by atoms with Crippen molar-refractivity contribution in [3.63, 3.8) is 0 Å². The van der Waals surface area contributed by atoms with Crippen LogP contribution in [0.5, 0.6) is 0 Å². The Hall–Kier alpha value is -0.910. The number of aliphatic hydroxyl groups is 8. The van der Waals surface area contributed by atoms with Crippen LogP contribution in [0.15, 0.2) is 11.6 Å². The molecule has 2 saturated heterocycles. The third kappa shape index (κ3) is 8.70. The zero-order valence-electron chi connectivity index (χ0n) is 34.4. The number of ether oxygens (including phenoxy) is 5. The minimum absolute atomic E-state index is 0.00593. The van der Waals surface area contributed by atoms with Crippen LogP contribution in [-0.2, 0) is 38.3 Å². The zero-order chi connectivity index (χ0) is 42.7. The second-order valence-electron chi connectivity index (χ2n) is 19.0. The van der Waals surface area contributed by atoms with E-state index in [-0.39, 0.29) is 50.4 Å². The minimum atomic E-state index is -4.98. The highest BCUT2D eigenvalue weighted by Gasteiger charge is 2.72. The molecule has 2 aliphatic heterocycles. The summed E-state index contributed by atoms with van der Waals surface area (Å²) in [5, 5.41) is 88.1. The maximum absolute atomic E-state index is 12.8. The van der Waals surface area contributed by atoms with E-state index in [2.05, 4.69) is 27.7 Å².